The molecule has 33 heavy (non-hydrogen) atoms. The number of ether oxygens (including phenoxy) is 1. The number of nitrogens with zero attached hydrogens (tertiary/aromatic N) is 5. The fourth-order valence-corrected chi connectivity index (χ4v) is 3.49. The van der Waals surface area contributed by atoms with Crippen LogP contribution in [0.2, 0.25) is 0 Å². The van der Waals surface area contributed by atoms with Gasteiger partial charge in [-0.3, -0.25) is 14.8 Å². The van der Waals surface area contributed by atoms with Crippen LogP contribution in [-0.2, 0) is 6.54 Å². The summed E-state index contributed by atoms with van der Waals surface area (Å²) in [7, 11) is 1.54. The van der Waals surface area contributed by atoms with E-state index in [1.54, 1.807) is 17.1 Å². The summed E-state index contributed by atoms with van der Waals surface area (Å²) in [4.78, 5) is 37.8. The molecule has 0 bridgehead atoms. The quantitative estimate of drug-likeness (QED) is 0.478. The molecule has 0 spiro atoms. The predicted octanol–water partition coefficient (Wildman–Crippen LogP) is 3.07. The molecule has 0 unspecified atom stereocenters. The molecule has 3 N–H and O–H groups in total. The summed E-state index contributed by atoms with van der Waals surface area (Å²) in [5, 5.41) is 12.7. The van der Waals surface area contributed by atoms with Gasteiger partial charge in [0, 0.05) is 25.2 Å². The highest BCUT2D eigenvalue weighted by Gasteiger charge is 2.28. The summed E-state index contributed by atoms with van der Waals surface area (Å²) in [5.74, 6) is 0.694. The molecule has 2 aliphatic carbocycles. The number of hydrogen-bond donors (Lipinski definition) is 3. The molecule has 0 aliphatic heterocycles. The van der Waals surface area contributed by atoms with Gasteiger partial charge in [-0.05, 0) is 43.7 Å². The number of anilines is 3. The Morgan fingerprint density at radius 1 is 1.09 bits per heavy atom. The average Bonchev–Trinajstić information content (AvgIpc) is 3.74. The first-order valence-corrected chi connectivity index (χ1v) is 10.9. The molecular formula is C22H24N8O3. The monoisotopic (exact) mass is 448 g/mol. The maximum absolute atomic E-state index is 12.8. The van der Waals surface area contributed by atoms with Gasteiger partial charge in [0.1, 0.15) is 17.7 Å². The maximum atomic E-state index is 12.8. The minimum absolute atomic E-state index is 0.132. The molecule has 2 aliphatic rings. The molecular weight excluding hydrogens is 424 g/mol. The van der Waals surface area contributed by atoms with E-state index in [0.29, 0.717) is 35.4 Å². The summed E-state index contributed by atoms with van der Waals surface area (Å²) in [6.45, 7) is 0.637. The van der Waals surface area contributed by atoms with Gasteiger partial charge in [0.15, 0.2) is 0 Å². The Labute approximate surface area is 190 Å². The zero-order valence-corrected chi connectivity index (χ0v) is 18.1. The maximum Gasteiger partial charge on any atom is 0.418 e. The zero-order chi connectivity index (χ0) is 22.8. The third-order valence-corrected chi connectivity index (χ3v) is 5.55. The largest absolute Gasteiger partial charge is 0.418 e. The highest BCUT2D eigenvalue weighted by molar-refractivity contribution is 6.01. The standard InChI is InChI=1S/C22H24N8O3/c1-23-20(31)19-18(10-26-30(19)11-13-2-3-13)29-22(32)33-21-17(27-15-8-24-12-25-9-15)7-6-16(28-21)14-4-5-14/h6-10,12-14,27H,2-5,11H2,1H3,(H,23,31)(H,29,32). The Kier molecular flexibility index (Phi) is 5.59. The van der Waals surface area contributed by atoms with Crippen molar-refractivity contribution in [2.75, 3.05) is 17.7 Å². The SMILES string of the molecule is CNC(=O)c1c(NC(=O)Oc2nc(C3CC3)ccc2Nc2cncnc2)cnn1CC1CC1. The van der Waals surface area contributed by atoms with E-state index in [9.17, 15) is 9.59 Å². The van der Waals surface area contributed by atoms with Crippen molar-refractivity contribution in [2.45, 2.75) is 38.1 Å². The van der Waals surface area contributed by atoms with Gasteiger partial charge in [0.25, 0.3) is 5.91 Å². The first-order chi connectivity index (χ1) is 16.1. The fourth-order valence-electron chi connectivity index (χ4n) is 3.49. The van der Waals surface area contributed by atoms with E-state index in [-0.39, 0.29) is 17.5 Å². The fraction of sp³-hybridized carbons (Fsp3) is 0.364. The van der Waals surface area contributed by atoms with Crippen molar-refractivity contribution in [2.24, 2.45) is 5.92 Å². The number of carbonyl (C=O) groups is 2. The third-order valence-electron chi connectivity index (χ3n) is 5.55. The first-order valence-electron chi connectivity index (χ1n) is 10.9. The molecule has 3 heterocycles. The van der Waals surface area contributed by atoms with E-state index >= 15 is 0 Å². The molecule has 11 heteroatoms. The summed E-state index contributed by atoms with van der Waals surface area (Å²) >= 11 is 0. The number of nitrogens with one attached hydrogen (secondary N) is 3. The number of rotatable bonds is 8. The van der Waals surface area contributed by atoms with Crippen LogP contribution in [0.25, 0.3) is 0 Å². The molecule has 0 saturated heterocycles. The van der Waals surface area contributed by atoms with E-state index < -0.39 is 6.09 Å². The second-order valence-corrected chi connectivity index (χ2v) is 8.24. The number of amides is 2. The minimum atomic E-state index is -0.765. The number of pyridine rings is 1. The van der Waals surface area contributed by atoms with Crippen LogP contribution in [0.5, 0.6) is 5.88 Å². The molecule has 2 saturated carbocycles. The molecule has 11 nitrogen and oxygen atoms in total. The van der Waals surface area contributed by atoms with Gasteiger partial charge in [0.05, 0.1) is 30.0 Å². The first kappa shape index (κ1) is 20.9. The smallest absolute Gasteiger partial charge is 0.389 e. The van der Waals surface area contributed by atoms with Gasteiger partial charge in [0.2, 0.25) is 5.88 Å². The normalized spacial score (nSPS) is 15.1. The second kappa shape index (κ2) is 8.85. The molecule has 2 amide bonds. The van der Waals surface area contributed by atoms with Crippen LogP contribution in [0.15, 0.2) is 37.1 Å². The summed E-state index contributed by atoms with van der Waals surface area (Å²) in [6, 6.07) is 3.74. The Morgan fingerprint density at radius 3 is 2.58 bits per heavy atom. The lowest BCUT2D eigenvalue weighted by molar-refractivity contribution is 0.0953. The van der Waals surface area contributed by atoms with E-state index in [0.717, 1.165) is 31.4 Å². The number of hydrogen-bond acceptors (Lipinski definition) is 8. The molecule has 2 fully saturated rings. The Morgan fingerprint density at radius 2 is 1.88 bits per heavy atom. The molecule has 5 rings (SSSR count). The summed E-state index contributed by atoms with van der Waals surface area (Å²) in [6.07, 6.45) is 9.69. The van der Waals surface area contributed by atoms with E-state index in [4.69, 9.17) is 4.74 Å². The lowest BCUT2D eigenvalue weighted by Gasteiger charge is -2.13. The molecule has 0 atom stereocenters. The van der Waals surface area contributed by atoms with Crippen LogP contribution in [0.1, 0.15) is 47.8 Å². The lowest BCUT2D eigenvalue weighted by atomic mass is 10.2. The van der Waals surface area contributed by atoms with Gasteiger partial charge in [-0.25, -0.2) is 19.7 Å². The molecule has 3 aromatic heterocycles. The number of aromatic nitrogens is 5. The van der Waals surface area contributed by atoms with Crippen molar-refractivity contribution in [3.8, 4) is 5.88 Å². The highest BCUT2D eigenvalue weighted by Crippen LogP contribution is 2.41. The average molecular weight is 448 g/mol. The lowest BCUT2D eigenvalue weighted by Crippen LogP contribution is -2.26. The Balaban J connectivity index is 1.36. The van der Waals surface area contributed by atoms with Crippen LogP contribution in [-0.4, -0.2) is 43.8 Å². The summed E-state index contributed by atoms with van der Waals surface area (Å²) in [5.41, 5.74) is 2.58. The van der Waals surface area contributed by atoms with Gasteiger partial charge in [-0.15, -0.1) is 0 Å². The minimum Gasteiger partial charge on any atom is -0.389 e. The number of carbonyl (C=O) groups excluding carboxylic acids is 2. The third kappa shape index (κ3) is 4.92. The van der Waals surface area contributed by atoms with Crippen molar-refractivity contribution in [1.29, 1.82) is 0 Å². The van der Waals surface area contributed by atoms with Crippen LogP contribution >= 0.6 is 0 Å². The highest BCUT2D eigenvalue weighted by atomic mass is 16.6. The molecule has 170 valence electrons. The topological polar surface area (TPSA) is 136 Å². The van der Waals surface area contributed by atoms with E-state index in [1.165, 1.54) is 19.6 Å². The molecule has 3 aromatic rings. The zero-order valence-electron chi connectivity index (χ0n) is 18.1. The summed E-state index contributed by atoms with van der Waals surface area (Å²) < 4.78 is 7.20. The molecule has 0 aromatic carbocycles. The van der Waals surface area contributed by atoms with Gasteiger partial charge in [-0.2, -0.15) is 5.10 Å². The predicted molar refractivity (Wildman–Crippen MR) is 120 cm³/mol. The second-order valence-electron chi connectivity index (χ2n) is 8.24. The van der Waals surface area contributed by atoms with Crippen molar-refractivity contribution < 1.29 is 14.3 Å². The van der Waals surface area contributed by atoms with Gasteiger partial charge in [-0.1, -0.05) is 0 Å². The Hall–Kier alpha value is -4.02. The Bertz CT molecular complexity index is 1170. The van der Waals surface area contributed by atoms with Gasteiger partial charge < -0.3 is 15.4 Å². The van der Waals surface area contributed by atoms with Crippen molar-refractivity contribution in [3.05, 3.63) is 48.4 Å². The van der Waals surface area contributed by atoms with Crippen molar-refractivity contribution in [3.63, 3.8) is 0 Å². The van der Waals surface area contributed by atoms with Gasteiger partial charge >= 0.3 is 6.09 Å². The van der Waals surface area contributed by atoms with Crippen molar-refractivity contribution >= 4 is 29.1 Å². The van der Waals surface area contributed by atoms with E-state index in [2.05, 4.69) is 36.0 Å². The van der Waals surface area contributed by atoms with Crippen LogP contribution in [0.4, 0.5) is 21.9 Å². The van der Waals surface area contributed by atoms with Crippen LogP contribution < -0.4 is 20.7 Å². The van der Waals surface area contributed by atoms with E-state index in [1.807, 2.05) is 12.1 Å². The molecule has 0 radical (unpaired) electrons. The van der Waals surface area contributed by atoms with Crippen LogP contribution in [0.3, 0.4) is 0 Å². The van der Waals surface area contributed by atoms with Crippen LogP contribution in [0, 0.1) is 5.92 Å². The van der Waals surface area contributed by atoms with Crippen molar-refractivity contribution in [1.82, 2.24) is 30.0 Å².